The van der Waals surface area contributed by atoms with Crippen molar-refractivity contribution in [1.82, 2.24) is 4.90 Å². The second-order valence-corrected chi connectivity index (χ2v) is 3.10. The zero-order chi connectivity index (χ0) is 7.56. The molecule has 0 amide bonds. The highest BCUT2D eigenvalue weighted by Crippen LogP contribution is 2.10. The van der Waals surface area contributed by atoms with Gasteiger partial charge in [-0.15, -0.1) is 24.0 Å². The van der Waals surface area contributed by atoms with E-state index >= 15 is 0 Å². The van der Waals surface area contributed by atoms with Crippen molar-refractivity contribution in [3.05, 3.63) is 0 Å². The summed E-state index contributed by atoms with van der Waals surface area (Å²) in [6, 6.07) is 0. The van der Waals surface area contributed by atoms with Gasteiger partial charge in [0.1, 0.15) is 11.3 Å². The van der Waals surface area contributed by atoms with E-state index < -0.39 is 0 Å². The van der Waals surface area contributed by atoms with E-state index in [0.717, 1.165) is 18.9 Å². The summed E-state index contributed by atoms with van der Waals surface area (Å²) >= 11 is 11.5. The maximum absolute atomic E-state index is 5.84. The maximum atomic E-state index is 5.84. The summed E-state index contributed by atoms with van der Waals surface area (Å²) in [7, 11) is 0. The molecule has 2 nitrogen and oxygen atoms in total. The first-order valence-corrected chi connectivity index (χ1v) is 4.23. The monoisotopic (exact) mass is 216 g/mol. The molecule has 66 valence electrons. The number of amidine groups is 1. The molecule has 1 rings (SSSR count). The topological polar surface area (TPSA) is 15.6 Å². The van der Waals surface area contributed by atoms with Gasteiger partial charge in [0.15, 0.2) is 0 Å². The highest BCUT2D eigenvalue weighted by atomic mass is 35.5. The Morgan fingerprint density at radius 1 is 1.73 bits per heavy atom. The Bertz CT molecular complexity index is 147. The van der Waals surface area contributed by atoms with Crippen LogP contribution in [-0.2, 0) is 0 Å². The van der Waals surface area contributed by atoms with Gasteiger partial charge in [0.05, 0.1) is 12.4 Å². The van der Waals surface area contributed by atoms with Crippen molar-refractivity contribution in [2.75, 3.05) is 19.0 Å². The van der Waals surface area contributed by atoms with Crippen LogP contribution in [0.3, 0.4) is 0 Å². The lowest BCUT2D eigenvalue weighted by atomic mass is 10.5. The largest absolute Gasteiger partial charge is 0.341 e. The van der Waals surface area contributed by atoms with Gasteiger partial charge in [-0.2, -0.15) is 0 Å². The fraction of sp³-hybridized carbons (Fsp3) is 0.833. The molecular weight excluding hydrogens is 206 g/mol. The summed E-state index contributed by atoms with van der Waals surface area (Å²) < 4.78 is 0. The minimum Gasteiger partial charge on any atom is -0.341 e. The smallest absolute Gasteiger partial charge is 0.115 e. The van der Waals surface area contributed by atoms with E-state index in [1.54, 1.807) is 0 Å². The summed E-state index contributed by atoms with van der Waals surface area (Å²) in [5, 5.41) is 0. The van der Waals surface area contributed by atoms with E-state index in [2.05, 4.69) is 4.99 Å². The molecule has 0 aromatic carbocycles. The predicted octanol–water partition coefficient (Wildman–Crippen LogP) is 1.95. The first-order chi connectivity index (χ1) is 4.75. The summed E-state index contributed by atoms with van der Waals surface area (Å²) in [5.41, 5.74) is 0.0139. The summed E-state index contributed by atoms with van der Waals surface area (Å²) in [4.78, 5) is 6.19. The van der Waals surface area contributed by atoms with E-state index in [1.165, 1.54) is 0 Å². The fourth-order valence-corrected chi connectivity index (χ4v) is 1.46. The third kappa shape index (κ3) is 2.69. The number of alkyl halides is 2. The molecule has 1 heterocycles. The van der Waals surface area contributed by atoms with Crippen LogP contribution in [0, 0.1) is 0 Å². The molecule has 0 saturated carbocycles. The summed E-state index contributed by atoms with van der Waals surface area (Å²) in [5.74, 6) is 1.39. The zero-order valence-corrected chi connectivity index (χ0v) is 8.59. The number of aliphatic imine (C=N–C) groups is 1. The number of halogens is 3. The van der Waals surface area contributed by atoms with E-state index in [4.69, 9.17) is 23.2 Å². The van der Waals surface area contributed by atoms with Gasteiger partial charge in [-0.25, -0.2) is 0 Å². The average molecular weight is 218 g/mol. The third-order valence-corrected chi connectivity index (χ3v) is 1.99. The Labute approximate surface area is 83.0 Å². The van der Waals surface area contributed by atoms with Crippen molar-refractivity contribution >= 4 is 41.4 Å². The number of hydrogen-bond acceptors (Lipinski definition) is 2. The van der Waals surface area contributed by atoms with Gasteiger partial charge in [-0.05, 0) is 6.92 Å². The molecule has 0 radical (unpaired) electrons. The molecular formula is C6H11Cl3N2. The lowest BCUT2D eigenvalue weighted by Crippen LogP contribution is -2.33. The first kappa shape index (κ1) is 11.3. The van der Waals surface area contributed by atoms with Gasteiger partial charge in [0.25, 0.3) is 0 Å². The highest BCUT2D eigenvalue weighted by molar-refractivity contribution is 6.29. The van der Waals surface area contributed by atoms with Crippen molar-refractivity contribution in [2.45, 2.75) is 12.4 Å². The Kier molecular flexibility index (Phi) is 5.23. The van der Waals surface area contributed by atoms with Gasteiger partial charge in [0, 0.05) is 6.54 Å². The molecule has 0 fully saturated rings. The van der Waals surface area contributed by atoms with E-state index in [0.29, 0.717) is 5.88 Å². The van der Waals surface area contributed by atoms with Crippen molar-refractivity contribution in [3.8, 4) is 0 Å². The molecule has 1 aliphatic rings. The standard InChI is InChI=1S/C6H10Cl2N2.ClH/c1-5(8)10-3-2-9-6(10)4-7;/h5H,2-4H2,1H3;1H. The molecule has 0 spiro atoms. The molecule has 5 heteroatoms. The Morgan fingerprint density at radius 2 is 2.36 bits per heavy atom. The summed E-state index contributed by atoms with van der Waals surface area (Å²) in [6.45, 7) is 3.67. The normalized spacial score (nSPS) is 19.2. The molecule has 0 bridgehead atoms. The molecule has 11 heavy (non-hydrogen) atoms. The van der Waals surface area contributed by atoms with E-state index in [9.17, 15) is 0 Å². The van der Waals surface area contributed by atoms with Crippen molar-refractivity contribution in [2.24, 2.45) is 4.99 Å². The van der Waals surface area contributed by atoms with Crippen LogP contribution >= 0.6 is 35.6 Å². The van der Waals surface area contributed by atoms with Gasteiger partial charge >= 0.3 is 0 Å². The third-order valence-electron chi connectivity index (χ3n) is 1.52. The van der Waals surface area contributed by atoms with Crippen LogP contribution in [0.2, 0.25) is 0 Å². The highest BCUT2D eigenvalue weighted by Gasteiger charge is 2.18. The minimum absolute atomic E-state index is 0. The zero-order valence-electron chi connectivity index (χ0n) is 6.26. The van der Waals surface area contributed by atoms with Crippen LogP contribution < -0.4 is 0 Å². The maximum Gasteiger partial charge on any atom is 0.115 e. The SMILES string of the molecule is CC(Cl)N1CCN=C1CCl.Cl. The van der Waals surface area contributed by atoms with Crippen molar-refractivity contribution in [1.29, 1.82) is 0 Å². The second-order valence-electron chi connectivity index (χ2n) is 2.20. The van der Waals surface area contributed by atoms with Gasteiger partial charge in [-0.1, -0.05) is 11.6 Å². The Hall–Kier alpha value is 0.340. The van der Waals surface area contributed by atoms with Crippen LogP contribution in [0.4, 0.5) is 0 Å². The predicted molar refractivity (Wildman–Crippen MR) is 52.3 cm³/mol. The van der Waals surface area contributed by atoms with Crippen LogP contribution in [0.15, 0.2) is 4.99 Å². The van der Waals surface area contributed by atoms with E-state index in [-0.39, 0.29) is 17.9 Å². The fourth-order valence-electron chi connectivity index (χ4n) is 1.01. The average Bonchev–Trinajstić information content (AvgIpc) is 2.33. The lowest BCUT2D eigenvalue weighted by Gasteiger charge is -2.21. The van der Waals surface area contributed by atoms with Crippen molar-refractivity contribution in [3.63, 3.8) is 0 Å². The Balaban J connectivity index is 0.000001000. The first-order valence-electron chi connectivity index (χ1n) is 3.25. The van der Waals surface area contributed by atoms with Gasteiger partial charge < -0.3 is 4.90 Å². The molecule has 1 aliphatic heterocycles. The molecule has 1 atom stereocenters. The van der Waals surface area contributed by atoms with Gasteiger partial charge in [-0.3, -0.25) is 4.99 Å². The molecule has 0 N–H and O–H groups in total. The molecule has 0 aromatic heterocycles. The number of hydrogen-bond donors (Lipinski definition) is 0. The second kappa shape index (κ2) is 5.07. The van der Waals surface area contributed by atoms with Gasteiger partial charge in [0.2, 0.25) is 0 Å². The molecule has 0 aromatic rings. The molecule has 0 saturated heterocycles. The summed E-state index contributed by atoms with van der Waals surface area (Å²) in [6.07, 6.45) is 0. The lowest BCUT2D eigenvalue weighted by molar-refractivity contribution is 0.443. The number of nitrogens with zero attached hydrogens (tertiary/aromatic N) is 2. The van der Waals surface area contributed by atoms with E-state index in [1.807, 2.05) is 11.8 Å². The van der Waals surface area contributed by atoms with Crippen LogP contribution in [0.5, 0.6) is 0 Å². The van der Waals surface area contributed by atoms with Crippen molar-refractivity contribution < 1.29 is 0 Å². The molecule has 0 aliphatic carbocycles. The quantitative estimate of drug-likeness (QED) is 0.510. The molecule has 1 unspecified atom stereocenters. The Morgan fingerprint density at radius 3 is 2.73 bits per heavy atom. The van der Waals surface area contributed by atoms with Crippen LogP contribution in [0.25, 0.3) is 0 Å². The van der Waals surface area contributed by atoms with Crippen LogP contribution in [0.1, 0.15) is 6.92 Å². The van der Waals surface area contributed by atoms with Crippen LogP contribution in [-0.4, -0.2) is 35.2 Å². The number of rotatable bonds is 2. The minimum atomic E-state index is 0.